The van der Waals surface area contributed by atoms with Gasteiger partial charge in [-0.3, -0.25) is 0 Å². The molecule has 2 N–H and O–H groups in total. The van der Waals surface area contributed by atoms with Crippen LogP contribution >= 0.6 is 11.3 Å². The van der Waals surface area contributed by atoms with Gasteiger partial charge >= 0.3 is 0 Å². The Bertz CT molecular complexity index is 523. The Balaban J connectivity index is 1.83. The van der Waals surface area contributed by atoms with Gasteiger partial charge in [0.25, 0.3) is 0 Å². The van der Waals surface area contributed by atoms with Crippen LogP contribution in [0.4, 0.5) is 0 Å². The number of nitrogens with one attached hydrogen (secondary N) is 1. The van der Waals surface area contributed by atoms with E-state index in [-0.39, 0.29) is 12.1 Å². The lowest BCUT2D eigenvalue weighted by atomic mass is 9.92. The lowest BCUT2D eigenvalue weighted by Crippen LogP contribution is -2.43. The molecule has 1 aromatic heterocycles. The van der Waals surface area contributed by atoms with Crippen LogP contribution in [0.5, 0.6) is 0 Å². The first-order valence-corrected chi connectivity index (χ1v) is 7.19. The second-order valence-corrected chi connectivity index (χ2v) is 5.86. The van der Waals surface area contributed by atoms with Gasteiger partial charge in [-0.25, -0.2) is 0 Å². The molecule has 2 nitrogen and oxygen atoms in total. The molecule has 3 heteroatoms. The summed E-state index contributed by atoms with van der Waals surface area (Å²) in [5.41, 5.74) is 2.38. The average Bonchev–Trinajstić information content (AvgIpc) is 3.05. The average molecular weight is 259 g/mol. The summed E-state index contributed by atoms with van der Waals surface area (Å²) < 4.78 is 0. The summed E-state index contributed by atoms with van der Waals surface area (Å²) in [6.07, 6.45) is 2.03. The van der Waals surface area contributed by atoms with Crippen LogP contribution in [0.2, 0.25) is 0 Å². The molecule has 0 saturated heterocycles. The molecule has 0 aliphatic heterocycles. The zero-order valence-electron chi connectivity index (χ0n) is 10.2. The Hall–Kier alpha value is -1.16. The Labute approximate surface area is 111 Å². The molecule has 1 heterocycles. The molecule has 94 valence electrons. The van der Waals surface area contributed by atoms with E-state index in [2.05, 4.69) is 47.1 Å². The summed E-state index contributed by atoms with van der Waals surface area (Å²) in [4.78, 5) is 1.31. The molecule has 0 amide bonds. The first-order chi connectivity index (χ1) is 8.84. The number of hydrogen-bond donors (Lipinski definition) is 2. The quantitative estimate of drug-likeness (QED) is 0.885. The molecule has 2 aromatic rings. The van der Waals surface area contributed by atoms with Gasteiger partial charge in [0.1, 0.15) is 0 Å². The Kier molecular flexibility index (Phi) is 3.20. The SMILES string of the molecule is OCC1(NCc2cccs2)CCc2ccccc21. The van der Waals surface area contributed by atoms with Crippen molar-refractivity contribution in [2.24, 2.45) is 0 Å². The van der Waals surface area contributed by atoms with Crippen LogP contribution < -0.4 is 5.32 Å². The van der Waals surface area contributed by atoms with Gasteiger partial charge in [0.2, 0.25) is 0 Å². The number of fused-ring (bicyclic) bond motifs is 1. The summed E-state index contributed by atoms with van der Waals surface area (Å²) in [7, 11) is 0. The molecule has 18 heavy (non-hydrogen) atoms. The van der Waals surface area contributed by atoms with Crippen LogP contribution in [0.1, 0.15) is 22.4 Å². The number of benzene rings is 1. The van der Waals surface area contributed by atoms with Crippen molar-refractivity contribution in [3.8, 4) is 0 Å². The zero-order chi connectivity index (χ0) is 12.4. The van der Waals surface area contributed by atoms with Gasteiger partial charge in [0.15, 0.2) is 0 Å². The molecule has 1 unspecified atom stereocenters. The minimum atomic E-state index is -0.249. The molecule has 1 aromatic carbocycles. The summed E-state index contributed by atoms with van der Waals surface area (Å²) in [5, 5.41) is 15.5. The molecule has 0 bridgehead atoms. The van der Waals surface area contributed by atoms with Gasteiger partial charge in [-0.15, -0.1) is 11.3 Å². The van der Waals surface area contributed by atoms with Crippen LogP contribution in [0, 0.1) is 0 Å². The van der Waals surface area contributed by atoms with Gasteiger partial charge in [-0.05, 0) is 35.4 Å². The lowest BCUT2D eigenvalue weighted by molar-refractivity contribution is 0.159. The fourth-order valence-electron chi connectivity index (χ4n) is 2.76. The highest BCUT2D eigenvalue weighted by Crippen LogP contribution is 2.36. The van der Waals surface area contributed by atoms with Crippen molar-refractivity contribution in [1.29, 1.82) is 0 Å². The standard InChI is InChI=1S/C15H17NOS/c17-11-15(16-10-13-5-3-9-18-13)8-7-12-4-1-2-6-14(12)15/h1-6,9,16-17H,7-8,10-11H2. The van der Waals surface area contributed by atoms with Crippen molar-refractivity contribution >= 4 is 11.3 Å². The van der Waals surface area contributed by atoms with E-state index in [0.717, 1.165) is 19.4 Å². The summed E-state index contributed by atoms with van der Waals surface area (Å²) in [6, 6.07) is 12.6. The Morgan fingerprint density at radius 1 is 1.22 bits per heavy atom. The lowest BCUT2D eigenvalue weighted by Gasteiger charge is -2.29. The number of thiophene rings is 1. The van der Waals surface area contributed by atoms with E-state index in [1.807, 2.05) is 0 Å². The normalized spacial score (nSPS) is 22.1. The molecule has 1 atom stereocenters. The van der Waals surface area contributed by atoms with Gasteiger partial charge in [-0.1, -0.05) is 30.3 Å². The third-order valence-electron chi connectivity index (χ3n) is 3.81. The number of aryl methyl sites for hydroxylation is 1. The topological polar surface area (TPSA) is 32.3 Å². The van der Waals surface area contributed by atoms with E-state index in [1.165, 1.54) is 16.0 Å². The number of rotatable bonds is 4. The maximum absolute atomic E-state index is 9.83. The number of aliphatic hydroxyl groups excluding tert-OH is 1. The largest absolute Gasteiger partial charge is 0.394 e. The van der Waals surface area contributed by atoms with Gasteiger partial charge < -0.3 is 10.4 Å². The summed E-state index contributed by atoms with van der Waals surface area (Å²) >= 11 is 1.75. The van der Waals surface area contributed by atoms with E-state index in [1.54, 1.807) is 11.3 Å². The molecule has 1 aliphatic carbocycles. The zero-order valence-corrected chi connectivity index (χ0v) is 11.0. The van der Waals surface area contributed by atoms with Gasteiger partial charge in [-0.2, -0.15) is 0 Å². The van der Waals surface area contributed by atoms with Crippen molar-refractivity contribution in [3.05, 3.63) is 57.8 Å². The van der Waals surface area contributed by atoms with Crippen molar-refractivity contribution in [3.63, 3.8) is 0 Å². The predicted octanol–water partition coefficient (Wildman–Crippen LogP) is 2.67. The van der Waals surface area contributed by atoms with Crippen molar-refractivity contribution in [2.45, 2.75) is 24.9 Å². The smallest absolute Gasteiger partial charge is 0.0677 e. The van der Waals surface area contributed by atoms with E-state index in [0.29, 0.717) is 0 Å². The molecule has 3 rings (SSSR count). The molecular formula is C15H17NOS. The maximum Gasteiger partial charge on any atom is 0.0677 e. The van der Waals surface area contributed by atoms with Gasteiger partial charge in [0, 0.05) is 11.4 Å². The Morgan fingerprint density at radius 3 is 2.89 bits per heavy atom. The van der Waals surface area contributed by atoms with Crippen LogP contribution in [0.25, 0.3) is 0 Å². The first kappa shape index (κ1) is 11.9. The summed E-state index contributed by atoms with van der Waals surface area (Å²) in [5.74, 6) is 0. The van der Waals surface area contributed by atoms with Crippen molar-refractivity contribution in [2.75, 3.05) is 6.61 Å². The van der Waals surface area contributed by atoms with E-state index in [4.69, 9.17) is 0 Å². The van der Waals surface area contributed by atoms with Crippen LogP contribution in [-0.4, -0.2) is 11.7 Å². The molecule has 0 fully saturated rings. The van der Waals surface area contributed by atoms with E-state index >= 15 is 0 Å². The minimum Gasteiger partial charge on any atom is -0.394 e. The van der Waals surface area contributed by atoms with E-state index < -0.39 is 0 Å². The third-order valence-corrected chi connectivity index (χ3v) is 4.68. The highest BCUT2D eigenvalue weighted by molar-refractivity contribution is 7.09. The Morgan fingerprint density at radius 2 is 2.11 bits per heavy atom. The van der Waals surface area contributed by atoms with Crippen molar-refractivity contribution < 1.29 is 5.11 Å². The first-order valence-electron chi connectivity index (χ1n) is 6.31. The predicted molar refractivity (Wildman–Crippen MR) is 74.7 cm³/mol. The molecular weight excluding hydrogens is 242 g/mol. The van der Waals surface area contributed by atoms with Crippen LogP contribution in [0.15, 0.2) is 41.8 Å². The van der Waals surface area contributed by atoms with E-state index in [9.17, 15) is 5.11 Å². The van der Waals surface area contributed by atoms with Gasteiger partial charge in [0.05, 0.1) is 12.1 Å². The molecule has 0 radical (unpaired) electrons. The third kappa shape index (κ3) is 1.99. The van der Waals surface area contributed by atoms with Crippen LogP contribution in [0.3, 0.4) is 0 Å². The fraction of sp³-hybridized carbons (Fsp3) is 0.333. The highest BCUT2D eigenvalue weighted by atomic mass is 32.1. The minimum absolute atomic E-state index is 0.162. The number of hydrogen-bond acceptors (Lipinski definition) is 3. The van der Waals surface area contributed by atoms with Crippen LogP contribution in [-0.2, 0) is 18.5 Å². The molecule has 1 aliphatic rings. The monoisotopic (exact) mass is 259 g/mol. The number of aliphatic hydroxyl groups is 1. The maximum atomic E-state index is 9.83. The fourth-order valence-corrected chi connectivity index (χ4v) is 3.41. The summed E-state index contributed by atoms with van der Waals surface area (Å²) in [6.45, 7) is 0.988. The second-order valence-electron chi connectivity index (χ2n) is 4.83. The van der Waals surface area contributed by atoms with Crippen molar-refractivity contribution in [1.82, 2.24) is 5.32 Å². The molecule has 0 saturated carbocycles. The molecule has 0 spiro atoms. The second kappa shape index (κ2) is 4.84. The highest BCUT2D eigenvalue weighted by Gasteiger charge is 2.37.